The van der Waals surface area contributed by atoms with Crippen molar-refractivity contribution in [3.63, 3.8) is 0 Å². The third kappa shape index (κ3) is 3.06. The van der Waals surface area contributed by atoms with Gasteiger partial charge in [-0.25, -0.2) is 0 Å². The van der Waals surface area contributed by atoms with Crippen molar-refractivity contribution in [3.8, 4) is 5.75 Å². The molecule has 1 aromatic carbocycles. The van der Waals surface area contributed by atoms with Gasteiger partial charge in [-0.1, -0.05) is 31.1 Å². The molecule has 90 valence electrons. The van der Waals surface area contributed by atoms with E-state index in [2.05, 4.69) is 29.2 Å². The molecule has 2 rings (SSSR count). The summed E-state index contributed by atoms with van der Waals surface area (Å²) in [4.78, 5) is 4.17. The van der Waals surface area contributed by atoms with Gasteiger partial charge in [0.1, 0.15) is 5.75 Å². The highest BCUT2D eigenvalue weighted by Crippen LogP contribution is 2.14. The van der Waals surface area contributed by atoms with Crippen LogP contribution < -0.4 is 4.74 Å². The minimum absolute atomic E-state index is 0.318. The summed E-state index contributed by atoms with van der Waals surface area (Å²) in [5.41, 5.74) is 1.29. The molecule has 0 radical (unpaired) electrons. The van der Waals surface area contributed by atoms with Gasteiger partial charge in [-0.05, 0) is 24.1 Å². The Kier molecular flexibility index (Phi) is 3.75. The summed E-state index contributed by atoms with van der Waals surface area (Å²) in [6.07, 6.45) is 1.80. The first kappa shape index (κ1) is 11.6. The van der Waals surface area contributed by atoms with Crippen molar-refractivity contribution in [3.05, 3.63) is 41.5 Å². The van der Waals surface area contributed by atoms with E-state index >= 15 is 0 Å². The van der Waals surface area contributed by atoms with Crippen molar-refractivity contribution in [2.75, 3.05) is 0 Å². The van der Waals surface area contributed by atoms with Crippen molar-refractivity contribution in [1.82, 2.24) is 10.1 Å². The number of nitrogens with zero attached hydrogens (tertiary/aromatic N) is 2. The van der Waals surface area contributed by atoms with Crippen LogP contribution in [0.4, 0.5) is 0 Å². The molecule has 2 aromatic rings. The lowest BCUT2D eigenvalue weighted by molar-refractivity contribution is 0.242. The van der Waals surface area contributed by atoms with Crippen molar-refractivity contribution in [1.29, 1.82) is 0 Å². The lowest BCUT2D eigenvalue weighted by atomic mass is 10.2. The highest BCUT2D eigenvalue weighted by molar-refractivity contribution is 5.27. The van der Waals surface area contributed by atoms with Crippen LogP contribution in [0.1, 0.15) is 31.1 Å². The van der Waals surface area contributed by atoms with Crippen molar-refractivity contribution in [2.24, 2.45) is 0 Å². The largest absolute Gasteiger partial charge is 0.484 e. The van der Waals surface area contributed by atoms with Crippen LogP contribution in [-0.2, 0) is 19.4 Å². The molecule has 0 atom stereocenters. The van der Waals surface area contributed by atoms with E-state index in [1.807, 2.05) is 19.1 Å². The molecule has 4 heteroatoms. The molecule has 0 aliphatic rings. The average molecular weight is 232 g/mol. The van der Waals surface area contributed by atoms with E-state index in [4.69, 9.17) is 9.26 Å². The summed E-state index contributed by atoms with van der Waals surface area (Å²) in [7, 11) is 0. The number of hydrogen-bond acceptors (Lipinski definition) is 4. The highest BCUT2D eigenvalue weighted by atomic mass is 16.5. The van der Waals surface area contributed by atoms with Gasteiger partial charge in [0, 0.05) is 6.42 Å². The number of ether oxygens (including phenoxy) is 1. The number of benzene rings is 1. The zero-order valence-corrected chi connectivity index (χ0v) is 10.1. The molecule has 0 amide bonds. The quantitative estimate of drug-likeness (QED) is 0.795. The van der Waals surface area contributed by atoms with Gasteiger partial charge in [-0.15, -0.1) is 0 Å². The molecule has 0 aliphatic carbocycles. The van der Waals surface area contributed by atoms with Gasteiger partial charge in [0.15, 0.2) is 12.4 Å². The third-order valence-corrected chi connectivity index (χ3v) is 2.52. The molecule has 0 saturated heterocycles. The molecule has 4 nitrogen and oxygen atoms in total. The molecule has 0 unspecified atom stereocenters. The lowest BCUT2D eigenvalue weighted by Crippen LogP contribution is -1.96. The lowest BCUT2D eigenvalue weighted by Gasteiger charge is -2.03. The van der Waals surface area contributed by atoms with Gasteiger partial charge in [-0.3, -0.25) is 0 Å². The maximum Gasteiger partial charge on any atom is 0.264 e. The molecule has 17 heavy (non-hydrogen) atoms. The zero-order valence-electron chi connectivity index (χ0n) is 10.1. The van der Waals surface area contributed by atoms with Crippen molar-refractivity contribution < 1.29 is 9.26 Å². The van der Waals surface area contributed by atoms with E-state index in [9.17, 15) is 0 Å². The Morgan fingerprint density at radius 1 is 1.12 bits per heavy atom. The Morgan fingerprint density at radius 3 is 2.47 bits per heavy atom. The van der Waals surface area contributed by atoms with Gasteiger partial charge in [-0.2, -0.15) is 4.98 Å². The number of aromatic nitrogens is 2. The van der Waals surface area contributed by atoms with E-state index in [1.54, 1.807) is 0 Å². The molecule has 0 N–H and O–H groups in total. The van der Waals surface area contributed by atoms with Crippen molar-refractivity contribution >= 4 is 0 Å². The minimum Gasteiger partial charge on any atom is -0.484 e. The zero-order chi connectivity index (χ0) is 12.1. The minimum atomic E-state index is 0.318. The number of hydrogen-bond donors (Lipinski definition) is 0. The number of aryl methyl sites for hydroxylation is 2. The van der Waals surface area contributed by atoms with E-state index in [0.29, 0.717) is 18.3 Å². The smallest absolute Gasteiger partial charge is 0.264 e. The van der Waals surface area contributed by atoms with Crippen LogP contribution in [0.25, 0.3) is 0 Å². The summed E-state index contributed by atoms with van der Waals surface area (Å²) in [5, 5.41) is 3.81. The standard InChI is InChI=1S/C13H16N2O2/c1-3-10-5-7-11(8-6-10)16-9-13-14-12(4-2)15-17-13/h5-8H,3-4,9H2,1-2H3. The van der Waals surface area contributed by atoms with Crippen LogP contribution in [0.3, 0.4) is 0 Å². The van der Waals surface area contributed by atoms with Gasteiger partial charge in [0.25, 0.3) is 5.89 Å². The first-order chi connectivity index (χ1) is 8.31. The second-order valence-corrected chi connectivity index (χ2v) is 3.74. The van der Waals surface area contributed by atoms with Crippen LogP contribution in [0.15, 0.2) is 28.8 Å². The Balaban J connectivity index is 1.92. The van der Waals surface area contributed by atoms with Crippen molar-refractivity contribution in [2.45, 2.75) is 33.3 Å². The van der Waals surface area contributed by atoms with E-state index in [1.165, 1.54) is 5.56 Å². The van der Waals surface area contributed by atoms with Gasteiger partial charge < -0.3 is 9.26 Å². The van der Waals surface area contributed by atoms with E-state index in [0.717, 1.165) is 18.6 Å². The predicted octanol–water partition coefficient (Wildman–Crippen LogP) is 2.77. The summed E-state index contributed by atoms with van der Waals surface area (Å²) in [6.45, 7) is 4.43. The van der Waals surface area contributed by atoms with E-state index in [-0.39, 0.29) is 0 Å². The maximum absolute atomic E-state index is 5.55. The monoisotopic (exact) mass is 232 g/mol. The Labute approximate surface area is 101 Å². The number of rotatable bonds is 5. The summed E-state index contributed by atoms with van der Waals surface area (Å²) in [6, 6.07) is 8.02. The fourth-order valence-electron chi connectivity index (χ4n) is 1.46. The molecule has 0 aliphatic heterocycles. The van der Waals surface area contributed by atoms with Crippen LogP contribution in [0.5, 0.6) is 5.75 Å². The fraction of sp³-hybridized carbons (Fsp3) is 0.385. The summed E-state index contributed by atoms with van der Waals surface area (Å²) < 4.78 is 10.6. The molecule has 0 fully saturated rings. The Bertz CT molecular complexity index is 463. The van der Waals surface area contributed by atoms with Crippen LogP contribution >= 0.6 is 0 Å². The van der Waals surface area contributed by atoms with Gasteiger partial charge >= 0.3 is 0 Å². The van der Waals surface area contributed by atoms with Gasteiger partial charge in [0.2, 0.25) is 0 Å². The normalized spacial score (nSPS) is 10.5. The summed E-state index contributed by atoms with van der Waals surface area (Å²) in [5.74, 6) is 2.05. The topological polar surface area (TPSA) is 48.2 Å². The van der Waals surface area contributed by atoms with Crippen LogP contribution in [0, 0.1) is 0 Å². The van der Waals surface area contributed by atoms with Gasteiger partial charge in [0.05, 0.1) is 0 Å². The Hall–Kier alpha value is -1.84. The maximum atomic E-state index is 5.55. The molecule has 1 heterocycles. The highest BCUT2D eigenvalue weighted by Gasteiger charge is 2.05. The van der Waals surface area contributed by atoms with E-state index < -0.39 is 0 Å². The molecule has 0 bridgehead atoms. The third-order valence-electron chi connectivity index (χ3n) is 2.52. The predicted molar refractivity (Wildman–Crippen MR) is 63.8 cm³/mol. The average Bonchev–Trinajstić information content (AvgIpc) is 2.85. The fourth-order valence-corrected chi connectivity index (χ4v) is 1.46. The second kappa shape index (κ2) is 5.48. The molecule has 1 aromatic heterocycles. The Morgan fingerprint density at radius 2 is 1.88 bits per heavy atom. The molecular formula is C13H16N2O2. The molecule has 0 spiro atoms. The van der Waals surface area contributed by atoms with Crippen LogP contribution in [0.2, 0.25) is 0 Å². The van der Waals surface area contributed by atoms with Crippen LogP contribution in [-0.4, -0.2) is 10.1 Å². The SMILES string of the molecule is CCc1ccc(OCc2nc(CC)no2)cc1. The first-order valence-corrected chi connectivity index (χ1v) is 5.85. The molecule has 0 saturated carbocycles. The summed E-state index contributed by atoms with van der Waals surface area (Å²) >= 11 is 0. The molecular weight excluding hydrogens is 216 g/mol. The first-order valence-electron chi connectivity index (χ1n) is 5.85. The second-order valence-electron chi connectivity index (χ2n) is 3.74.